The van der Waals surface area contributed by atoms with Gasteiger partial charge in [-0.1, -0.05) is 67.7 Å². The molecular formula is C35H48N4O4S. The number of rotatable bonds is 16. The van der Waals surface area contributed by atoms with E-state index in [9.17, 15) is 4.79 Å². The molecule has 1 aliphatic carbocycles. The van der Waals surface area contributed by atoms with Gasteiger partial charge in [0.2, 0.25) is 0 Å². The lowest BCUT2D eigenvalue weighted by Gasteiger charge is -2.27. The maximum Gasteiger partial charge on any atom is 0.187 e. The maximum atomic E-state index is 12.1. The number of hydrogen-bond acceptors (Lipinski definition) is 8. The van der Waals surface area contributed by atoms with E-state index in [4.69, 9.17) is 19.0 Å². The van der Waals surface area contributed by atoms with E-state index in [1.165, 1.54) is 5.56 Å². The molecule has 0 unspecified atom stereocenters. The van der Waals surface area contributed by atoms with E-state index in [1.807, 2.05) is 25.1 Å². The van der Waals surface area contributed by atoms with Crippen molar-refractivity contribution in [3.05, 3.63) is 64.9 Å². The molecule has 4 rings (SSSR count). The molecule has 1 saturated carbocycles. The summed E-state index contributed by atoms with van der Waals surface area (Å²) in [7, 11) is 3.78. The first-order valence-electron chi connectivity index (χ1n) is 15.8. The number of carbonyl (C=O) groups is 1. The van der Waals surface area contributed by atoms with Crippen molar-refractivity contribution < 1.29 is 18.8 Å². The molecular weight excluding hydrogens is 572 g/mol. The van der Waals surface area contributed by atoms with Crippen LogP contribution in [0.5, 0.6) is 0 Å². The predicted molar refractivity (Wildman–Crippen MR) is 179 cm³/mol. The number of aryl methyl sites for hydroxylation is 1. The molecule has 9 heteroatoms. The van der Waals surface area contributed by atoms with Crippen LogP contribution in [0.3, 0.4) is 0 Å². The molecule has 0 aliphatic heterocycles. The molecule has 0 N–H and O–H groups in total. The normalized spacial score (nSPS) is 14.6. The van der Waals surface area contributed by atoms with Crippen molar-refractivity contribution in [3.8, 4) is 11.1 Å². The van der Waals surface area contributed by atoms with Gasteiger partial charge in [-0.15, -0.1) is 0 Å². The lowest BCUT2D eigenvalue weighted by atomic mass is 9.97. The Labute approximate surface area is 267 Å². The predicted octanol–water partition coefficient (Wildman–Crippen LogP) is 8.14. The van der Waals surface area contributed by atoms with Gasteiger partial charge in [-0.05, 0) is 80.3 Å². The van der Waals surface area contributed by atoms with Crippen LogP contribution in [0.25, 0.3) is 11.1 Å². The van der Waals surface area contributed by atoms with Gasteiger partial charge in [0.25, 0.3) is 0 Å². The molecule has 0 saturated heterocycles. The average Bonchev–Trinajstić information content (AvgIpc) is 3.64. The van der Waals surface area contributed by atoms with Crippen molar-refractivity contribution in [1.82, 2.24) is 10.1 Å². The number of unbranched alkanes of at least 4 members (excludes halogenated alkanes) is 1. The van der Waals surface area contributed by atoms with Crippen molar-refractivity contribution in [2.24, 2.45) is 4.99 Å². The minimum Gasteiger partial charge on any atom is -0.377 e. The standard InChI is InChI=1S/C35H48N4O4S/c1-7-9-16-33(36-35(24-40)19-12-13-20-35)38(5)22-28-17-18-30(29(21-28)23-42-8-2)31-14-10-11-15-32(31)44-39(25-41-6)34-26(3)27(4)43-37-34/h10-11,14-15,17-18,21,24H,7-9,12-13,16,19-20,22-23,25H2,1-6H3. The Morgan fingerprint density at radius 1 is 1.14 bits per heavy atom. The van der Waals surface area contributed by atoms with E-state index in [0.717, 1.165) is 95.8 Å². The van der Waals surface area contributed by atoms with Gasteiger partial charge < -0.3 is 23.7 Å². The van der Waals surface area contributed by atoms with Gasteiger partial charge in [-0.25, -0.2) is 0 Å². The van der Waals surface area contributed by atoms with Crippen LogP contribution in [-0.2, 0) is 27.4 Å². The summed E-state index contributed by atoms with van der Waals surface area (Å²) in [6.45, 7) is 10.4. The number of aliphatic imine (C=N–C) groups is 1. The number of hydrogen-bond donors (Lipinski definition) is 0. The van der Waals surface area contributed by atoms with Gasteiger partial charge in [-0.2, -0.15) is 0 Å². The molecule has 3 aromatic rings. The molecule has 0 bridgehead atoms. The zero-order valence-electron chi connectivity index (χ0n) is 27.2. The van der Waals surface area contributed by atoms with E-state index >= 15 is 0 Å². The summed E-state index contributed by atoms with van der Waals surface area (Å²) in [4.78, 5) is 20.5. The molecule has 238 valence electrons. The molecule has 44 heavy (non-hydrogen) atoms. The molecule has 0 amide bonds. The molecule has 1 heterocycles. The van der Waals surface area contributed by atoms with E-state index < -0.39 is 5.54 Å². The van der Waals surface area contributed by atoms with Crippen molar-refractivity contribution in [2.45, 2.75) is 96.2 Å². The molecule has 2 aromatic carbocycles. The summed E-state index contributed by atoms with van der Waals surface area (Å²) in [6.07, 6.45) is 7.93. The minimum atomic E-state index is -0.553. The van der Waals surface area contributed by atoms with Crippen LogP contribution < -0.4 is 4.31 Å². The summed E-state index contributed by atoms with van der Waals surface area (Å²) < 4.78 is 19.0. The van der Waals surface area contributed by atoms with Gasteiger partial charge in [0, 0.05) is 44.2 Å². The SMILES string of the molecule is CCCCC(=NC1(C=O)CCCC1)N(C)Cc1ccc(-c2ccccc2SN(COC)c2noc(C)c2C)c(COCC)c1. The third kappa shape index (κ3) is 8.31. The average molecular weight is 621 g/mol. The van der Waals surface area contributed by atoms with Crippen LogP contribution in [0.2, 0.25) is 0 Å². The first-order valence-corrected chi connectivity index (χ1v) is 16.5. The lowest BCUT2D eigenvalue weighted by molar-refractivity contribution is -0.112. The number of methoxy groups -OCH3 is 1. The summed E-state index contributed by atoms with van der Waals surface area (Å²) in [6, 6.07) is 15.1. The Balaban J connectivity index is 1.65. The monoisotopic (exact) mass is 620 g/mol. The fourth-order valence-electron chi connectivity index (χ4n) is 5.65. The van der Waals surface area contributed by atoms with E-state index in [0.29, 0.717) is 26.5 Å². The van der Waals surface area contributed by atoms with E-state index in [-0.39, 0.29) is 0 Å². The molecule has 0 atom stereocenters. The number of aromatic nitrogens is 1. The van der Waals surface area contributed by atoms with Crippen LogP contribution in [0.1, 0.15) is 81.2 Å². The topological polar surface area (TPSA) is 80.4 Å². The molecule has 8 nitrogen and oxygen atoms in total. The van der Waals surface area contributed by atoms with Crippen molar-refractivity contribution >= 4 is 29.9 Å². The summed E-state index contributed by atoms with van der Waals surface area (Å²) in [5.74, 6) is 2.57. The molecule has 1 aliphatic rings. The zero-order valence-corrected chi connectivity index (χ0v) is 28.0. The number of ether oxygens (including phenoxy) is 2. The first-order chi connectivity index (χ1) is 21.3. The highest BCUT2D eigenvalue weighted by Crippen LogP contribution is 2.39. The quantitative estimate of drug-likeness (QED) is 0.0522. The third-order valence-corrected chi connectivity index (χ3v) is 9.34. The largest absolute Gasteiger partial charge is 0.377 e. The summed E-state index contributed by atoms with van der Waals surface area (Å²) in [5, 5.41) is 4.30. The first kappa shape index (κ1) is 33.7. The Morgan fingerprint density at radius 2 is 1.91 bits per heavy atom. The highest BCUT2D eigenvalue weighted by molar-refractivity contribution is 8.00. The van der Waals surface area contributed by atoms with Crippen LogP contribution in [-0.4, -0.2) is 55.2 Å². The van der Waals surface area contributed by atoms with E-state index in [1.54, 1.807) is 19.1 Å². The van der Waals surface area contributed by atoms with E-state index in [2.05, 4.69) is 66.5 Å². The maximum absolute atomic E-state index is 12.1. The van der Waals surface area contributed by atoms with Crippen molar-refractivity contribution in [2.75, 3.05) is 31.8 Å². The second-order valence-corrected chi connectivity index (χ2v) is 12.7. The van der Waals surface area contributed by atoms with Crippen LogP contribution in [0, 0.1) is 13.8 Å². The third-order valence-electron chi connectivity index (χ3n) is 8.29. The fourth-order valence-corrected chi connectivity index (χ4v) is 6.71. The van der Waals surface area contributed by atoms with Gasteiger partial charge in [0.15, 0.2) is 5.82 Å². The number of carbonyl (C=O) groups excluding carboxylic acids is 1. The molecule has 1 fully saturated rings. The van der Waals surface area contributed by atoms with Crippen LogP contribution >= 0.6 is 11.9 Å². The molecule has 1 aromatic heterocycles. The second kappa shape index (κ2) is 16.3. The van der Waals surface area contributed by atoms with Crippen LogP contribution in [0.15, 0.2) is 56.9 Å². The smallest absolute Gasteiger partial charge is 0.187 e. The second-order valence-electron chi connectivity index (χ2n) is 11.6. The number of aldehydes is 1. The highest BCUT2D eigenvalue weighted by Gasteiger charge is 2.34. The molecule has 0 spiro atoms. The zero-order chi connectivity index (χ0) is 31.5. The van der Waals surface area contributed by atoms with Gasteiger partial charge in [-0.3, -0.25) is 9.30 Å². The minimum absolute atomic E-state index is 0.357. The Kier molecular flexibility index (Phi) is 12.5. The number of nitrogens with zero attached hydrogens (tertiary/aromatic N) is 4. The highest BCUT2D eigenvalue weighted by atomic mass is 32.2. The number of amidine groups is 1. The van der Waals surface area contributed by atoms with Gasteiger partial charge >= 0.3 is 0 Å². The summed E-state index contributed by atoms with van der Waals surface area (Å²) in [5.41, 5.74) is 5.00. The van der Waals surface area contributed by atoms with Crippen molar-refractivity contribution in [3.63, 3.8) is 0 Å². The summed E-state index contributed by atoms with van der Waals surface area (Å²) >= 11 is 1.58. The fraction of sp³-hybridized carbons (Fsp3) is 0.514. The number of benzene rings is 2. The van der Waals surface area contributed by atoms with Crippen LogP contribution in [0.4, 0.5) is 5.82 Å². The Morgan fingerprint density at radius 3 is 2.57 bits per heavy atom. The van der Waals surface area contributed by atoms with Gasteiger partial charge in [0.05, 0.1) is 6.61 Å². The Hall–Kier alpha value is -3.14. The Bertz CT molecular complexity index is 1400. The lowest BCUT2D eigenvalue weighted by Crippen LogP contribution is -2.33. The van der Waals surface area contributed by atoms with Gasteiger partial charge in [0.1, 0.15) is 30.2 Å². The number of anilines is 1. The van der Waals surface area contributed by atoms with Crippen molar-refractivity contribution in [1.29, 1.82) is 0 Å². The molecule has 0 radical (unpaired) electrons.